The van der Waals surface area contributed by atoms with Gasteiger partial charge < -0.3 is 10.0 Å². The lowest BCUT2D eigenvalue weighted by Crippen LogP contribution is -2.48. The zero-order valence-electron chi connectivity index (χ0n) is 12.3. The number of hydrogen-bond donors (Lipinski definition) is 1. The van der Waals surface area contributed by atoms with Crippen molar-refractivity contribution in [2.75, 3.05) is 39.3 Å². The highest BCUT2D eigenvalue weighted by atomic mass is 79.9. The summed E-state index contributed by atoms with van der Waals surface area (Å²) >= 11 is 3.51. The molecule has 2 rings (SSSR count). The molecule has 1 aromatic rings. The van der Waals surface area contributed by atoms with Crippen LogP contribution in [-0.2, 0) is 4.79 Å². The van der Waals surface area contributed by atoms with Crippen LogP contribution in [0.5, 0.6) is 0 Å². The van der Waals surface area contributed by atoms with E-state index in [1.165, 1.54) is 5.56 Å². The summed E-state index contributed by atoms with van der Waals surface area (Å²) in [7, 11) is 0. The zero-order chi connectivity index (χ0) is 15.2. The lowest BCUT2D eigenvalue weighted by molar-refractivity contribution is -0.127. The number of halogens is 1. The number of carbonyl (C=O) groups is 1. The minimum absolute atomic E-state index is 0.0473. The van der Waals surface area contributed by atoms with Gasteiger partial charge in [-0.3, -0.25) is 9.69 Å². The van der Waals surface area contributed by atoms with Crippen LogP contribution in [0.15, 0.2) is 28.7 Å². The molecule has 0 aromatic heterocycles. The molecule has 0 radical (unpaired) electrons. The normalized spacial score (nSPS) is 16.6. The first kappa shape index (κ1) is 16.2. The Balaban J connectivity index is 1.91. The van der Waals surface area contributed by atoms with E-state index < -0.39 is 0 Å². The number of amides is 1. The van der Waals surface area contributed by atoms with Gasteiger partial charge in [-0.2, -0.15) is 0 Å². The van der Waals surface area contributed by atoms with E-state index in [9.17, 15) is 4.79 Å². The number of aliphatic hydroxyl groups is 1. The van der Waals surface area contributed by atoms with Crippen molar-refractivity contribution in [2.45, 2.75) is 6.92 Å². The van der Waals surface area contributed by atoms with Crippen molar-refractivity contribution in [1.29, 1.82) is 0 Å². The maximum absolute atomic E-state index is 12.2. The highest BCUT2D eigenvalue weighted by Crippen LogP contribution is 2.19. The van der Waals surface area contributed by atoms with Crippen molar-refractivity contribution in [1.82, 2.24) is 9.80 Å². The maximum atomic E-state index is 12.2. The fourth-order valence-corrected chi connectivity index (χ4v) is 2.99. The smallest absolute Gasteiger partial charge is 0.246 e. The topological polar surface area (TPSA) is 43.8 Å². The molecule has 1 N–H and O–H groups in total. The Hall–Kier alpha value is -1.17. The van der Waals surface area contributed by atoms with Gasteiger partial charge in [0.25, 0.3) is 0 Å². The number of piperazine rings is 1. The van der Waals surface area contributed by atoms with Crippen LogP contribution in [0.3, 0.4) is 0 Å². The largest absolute Gasteiger partial charge is 0.395 e. The Morgan fingerprint density at radius 3 is 2.67 bits per heavy atom. The first-order valence-electron chi connectivity index (χ1n) is 7.16. The summed E-state index contributed by atoms with van der Waals surface area (Å²) in [4.78, 5) is 16.2. The number of β-amino-alcohol motifs (C(OH)–C–C–N with tert-alkyl or cyclic N) is 1. The fourth-order valence-electron chi connectivity index (χ4n) is 2.37. The molecule has 1 heterocycles. The van der Waals surface area contributed by atoms with E-state index in [1.807, 2.05) is 36.1 Å². The van der Waals surface area contributed by atoms with Crippen molar-refractivity contribution in [3.8, 4) is 0 Å². The second-order valence-electron chi connectivity index (χ2n) is 5.25. The predicted molar refractivity (Wildman–Crippen MR) is 88.0 cm³/mol. The number of aryl methyl sites for hydroxylation is 1. The molecule has 1 saturated heterocycles. The molecule has 1 aliphatic heterocycles. The maximum Gasteiger partial charge on any atom is 0.246 e. The van der Waals surface area contributed by atoms with Gasteiger partial charge in [0.1, 0.15) is 0 Å². The Labute approximate surface area is 134 Å². The lowest BCUT2D eigenvalue weighted by Gasteiger charge is -2.33. The van der Waals surface area contributed by atoms with Crippen LogP contribution in [0.25, 0.3) is 6.08 Å². The second-order valence-corrected chi connectivity index (χ2v) is 6.10. The van der Waals surface area contributed by atoms with Crippen molar-refractivity contribution < 1.29 is 9.90 Å². The quantitative estimate of drug-likeness (QED) is 0.841. The lowest BCUT2D eigenvalue weighted by atomic mass is 10.1. The van der Waals surface area contributed by atoms with Crippen LogP contribution in [0.4, 0.5) is 0 Å². The molecule has 1 amide bonds. The van der Waals surface area contributed by atoms with E-state index in [4.69, 9.17) is 5.11 Å². The molecule has 114 valence electrons. The minimum atomic E-state index is 0.0473. The predicted octanol–water partition coefficient (Wildman–Crippen LogP) is 1.91. The van der Waals surface area contributed by atoms with Gasteiger partial charge in [0.05, 0.1) is 6.61 Å². The van der Waals surface area contributed by atoms with Gasteiger partial charge in [0, 0.05) is 43.3 Å². The Bertz CT molecular complexity index is 523. The van der Waals surface area contributed by atoms with E-state index in [0.29, 0.717) is 6.54 Å². The number of hydrogen-bond acceptors (Lipinski definition) is 3. The minimum Gasteiger partial charge on any atom is -0.395 e. The molecular weight excluding hydrogens is 332 g/mol. The summed E-state index contributed by atoms with van der Waals surface area (Å²) in [6, 6.07) is 6.07. The van der Waals surface area contributed by atoms with Crippen LogP contribution in [0.2, 0.25) is 0 Å². The van der Waals surface area contributed by atoms with E-state index in [1.54, 1.807) is 6.08 Å². The number of nitrogens with zero attached hydrogens (tertiary/aromatic N) is 2. The van der Waals surface area contributed by atoms with Crippen molar-refractivity contribution in [3.05, 3.63) is 39.9 Å². The van der Waals surface area contributed by atoms with Crippen molar-refractivity contribution in [2.24, 2.45) is 0 Å². The van der Waals surface area contributed by atoms with E-state index in [0.717, 1.165) is 36.2 Å². The van der Waals surface area contributed by atoms with Gasteiger partial charge in [-0.25, -0.2) is 0 Å². The van der Waals surface area contributed by atoms with Crippen LogP contribution in [0, 0.1) is 6.92 Å². The summed E-state index contributed by atoms with van der Waals surface area (Å²) in [5.41, 5.74) is 2.19. The first-order chi connectivity index (χ1) is 10.1. The zero-order valence-corrected chi connectivity index (χ0v) is 13.8. The summed E-state index contributed by atoms with van der Waals surface area (Å²) in [5.74, 6) is 0.0473. The third-order valence-corrected chi connectivity index (χ3v) is 4.35. The Morgan fingerprint density at radius 1 is 1.33 bits per heavy atom. The molecule has 0 atom stereocenters. The molecular formula is C16H21BrN2O2. The van der Waals surface area contributed by atoms with Crippen LogP contribution < -0.4 is 0 Å². The number of benzene rings is 1. The molecule has 1 aliphatic rings. The third kappa shape index (κ3) is 4.66. The average molecular weight is 353 g/mol. The molecule has 21 heavy (non-hydrogen) atoms. The molecule has 0 spiro atoms. The Morgan fingerprint density at radius 2 is 2.05 bits per heavy atom. The van der Waals surface area contributed by atoms with Gasteiger partial charge >= 0.3 is 0 Å². The first-order valence-corrected chi connectivity index (χ1v) is 7.96. The molecule has 5 heteroatoms. The Kier molecular flexibility index (Phi) is 5.96. The monoisotopic (exact) mass is 352 g/mol. The summed E-state index contributed by atoms with van der Waals surface area (Å²) < 4.78 is 0.999. The van der Waals surface area contributed by atoms with Crippen molar-refractivity contribution in [3.63, 3.8) is 0 Å². The molecule has 0 saturated carbocycles. The molecule has 0 aliphatic carbocycles. The summed E-state index contributed by atoms with van der Waals surface area (Å²) in [5, 5.41) is 8.91. The molecule has 0 bridgehead atoms. The standard InChI is InChI=1S/C16H21BrN2O2/c1-13-2-3-14(15(17)12-13)4-5-16(21)19-8-6-18(7-9-19)10-11-20/h2-5,12,20H,6-11H2,1H3/b5-4+. The van der Waals surface area contributed by atoms with E-state index in [-0.39, 0.29) is 12.5 Å². The average Bonchev–Trinajstić information content (AvgIpc) is 2.47. The number of rotatable bonds is 4. The molecule has 1 fully saturated rings. The molecule has 4 nitrogen and oxygen atoms in total. The van der Waals surface area contributed by atoms with Crippen molar-refractivity contribution >= 4 is 27.9 Å². The van der Waals surface area contributed by atoms with Gasteiger partial charge in [-0.05, 0) is 30.2 Å². The fraction of sp³-hybridized carbons (Fsp3) is 0.438. The van der Waals surface area contributed by atoms with Crippen LogP contribution in [0.1, 0.15) is 11.1 Å². The van der Waals surface area contributed by atoms with Gasteiger partial charge in [-0.15, -0.1) is 0 Å². The third-order valence-electron chi connectivity index (χ3n) is 3.66. The number of carbonyl (C=O) groups excluding carboxylic acids is 1. The summed E-state index contributed by atoms with van der Waals surface area (Å²) in [6.45, 7) is 6.00. The number of aliphatic hydroxyl groups excluding tert-OH is 1. The molecule has 1 aromatic carbocycles. The second kappa shape index (κ2) is 7.73. The molecule has 0 unspecified atom stereocenters. The summed E-state index contributed by atoms with van der Waals surface area (Å²) in [6.07, 6.45) is 3.49. The highest BCUT2D eigenvalue weighted by Gasteiger charge is 2.18. The van der Waals surface area contributed by atoms with Gasteiger partial charge in [-0.1, -0.05) is 28.1 Å². The van der Waals surface area contributed by atoms with E-state index >= 15 is 0 Å². The van der Waals surface area contributed by atoms with E-state index in [2.05, 4.69) is 20.8 Å². The highest BCUT2D eigenvalue weighted by molar-refractivity contribution is 9.10. The van der Waals surface area contributed by atoms with Gasteiger partial charge in [0.15, 0.2) is 0 Å². The van der Waals surface area contributed by atoms with Crippen LogP contribution >= 0.6 is 15.9 Å². The van der Waals surface area contributed by atoms with Gasteiger partial charge in [0.2, 0.25) is 5.91 Å². The van der Waals surface area contributed by atoms with Crippen LogP contribution in [-0.4, -0.2) is 60.1 Å². The SMILES string of the molecule is Cc1ccc(/C=C/C(=O)N2CCN(CCO)CC2)c(Br)c1.